The summed E-state index contributed by atoms with van der Waals surface area (Å²) < 4.78 is 15.8. The number of hydrogen-bond donors (Lipinski definition) is 2. The van der Waals surface area contributed by atoms with E-state index in [1.165, 1.54) is 39.0 Å². The van der Waals surface area contributed by atoms with Crippen molar-refractivity contribution in [3.63, 3.8) is 0 Å². The van der Waals surface area contributed by atoms with Gasteiger partial charge in [0, 0.05) is 24.7 Å². The Kier molecular flexibility index (Phi) is 8.72. The van der Waals surface area contributed by atoms with Crippen molar-refractivity contribution < 1.29 is 14.0 Å². The fourth-order valence-electron chi connectivity index (χ4n) is 5.55. The Bertz CT molecular complexity index is 1640. The fraction of sp³-hybridized carbons (Fsp3) is 0.312. The molecule has 8 nitrogen and oxygen atoms in total. The van der Waals surface area contributed by atoms with Crippen LogP contribution in [-0.4, -0.2) is 27.5 Å². The molecule has 2 amide bonds. The number of benzene rings is 3. The Hall–Kier alpha value is -4.53. The third-order valence-corrected chi connectivity index (χ3v) is 7.78. The van der Waals surface area contributed by atoms with E-state index in [0.717, 1.165) is 19.3 Å². The lowest BCUT2D eigenvalue weighted by molar-refractivity contribution is -0.126. The molecule has 1 aliphatic rings. The molecule has 41 heavy (non-hydrogen) atoms. The summed E-state index contributed by atoms with van der Waals surface area (Å²) in [5.41, 5.74) is 1.02. The number of rotatable bonds is 9. The molecule has 0 saturated heterocycles. The van der Waals surface area contributed by atoms with Crippen LogP contribution in [0, 0.1) is 17.7 Å². The SMILES string of the molecule is O=C(Cn1c(=O)n(CC2CCC(C(=O)NCCc3ccccc3)CC2)c(=O)c2ccccc21)Nc1ccc(F)cc1. The van der Waals surface area contributed by atoms with Crippen LogP contribution in [0.15, 0.2) is 88.5 Å². The summed E-state index contributed by atoms with van der Waals surface area (Å²) in [6.07, 6.45) is 3.61. The number of anilines is 1. The van der Waals surface area contributed by atoms with Crippen LogP contribution in [0.3, 0.4) is 0 Å². The summed E-state index contributed by atoms with van der Waals surface area (Å²) in [5.74, 6) is -0.849. The smallest absolute Gasteiger partial charge is 0.331 e. The number of halogens is 1. The molecule has 1 saturated carbocycles. The molecule has 4 aromatic rings. The predicted molar refractivity (Wildman–Crippen MR) is 156 cm³/mol. The lowest BCUT2D eigenvalue weighted by atomic mass is 9.81. The van der Waals surface area contributed by atoms with E-state index in [4.69, 9.17) is 0 Å². The van der Waals surface area contributed by atoms with E-state index in [9.17, 15) is 23.6 Å². The minimum Gasteiger partial charge on any atom is -0.356 e. The monoisotopic (exact) mass is 556 g/mol. The van der Waals surface area contributed by atoms with E-state index in [1.54, 1.807) is 24.3 Å². The van der Waals surface area contributed by atoms with Crippen LogP contribution in [0.2, 0.25) is 0 Å². The number of nitrogens with zero attached hydrogens (tertiary/aromatic N) is 2. The van der Waals surface area contributed by atoms with Crippen molar-refractivity contribution in [1.82, 2.24) is 14.5 Å². The number of carbonyl (C=O) groups excluding carboxylic acids is 2. The van der Waals surface area contributed by atoms with Crippen LogP contribution in [0.1, 0.15) is 31.2 Å². The van der Waals surface area contributed by atoms with Gasteiger partial charge in [-0.2, -0.15) is 0 Å². The first-order valence-electron chi connectivity index (χ1n) is 14.0. The van der Waals surface area contributed by atoms with Gasteiger partial charge in [-0.15, -0.1) is 0 Å². The molecule has 2 N–H and O–H groups in total. The molecule has 3 aromatic carbocycles. The second kappa shape index (κ2) is 12.8. The summed E-state index contributed by atoms with van der Waals surface area (Å²) in [6.45, 7) is 0.515. The van der Waals surface area contributed by atoms with Crippen LogP contribution >= 0.6 is 0 Å². The van der Waals surface area contributed by atoms with Crippen LogP contribution < -0.4 is 21.9 Å². The molecule has 0 bridgehead atoms. The molecule has 0 atom stereocenters. The van der Waals surface area contributed by atoms with Gasteiger partial charge in [0.2, 0.25) is 11.8 Å². The maximum absolute atomic E-state index is 13.6. The highest BCUT2D eigenvalue weighted by atomic mass is 19.1. The van der Waals surface area contributed by atoms with Crippen molar-refractivity contribution in [2.75, 3.05) is 11.9 Å². The van der Waals surface area contributed by atoms with Gasteiger partial charge in [-0.05, 0) is 80.0 Å². The molecule has 212 valence electrons. The lowest BCUT2D eigenvalue weighted by Crippen LogP contribution is -2.43. The van der Waals surface area contributed by atoms with E-state index in [1.807, 2.05) is 30.3 Å². The minimum atomic E-state index is -0.552. The van der Waals surface area contributed by atoms with Crippen molar-refractivity contribution in [2.45, 2.75) is 45.2 Å². The summed E-state index contributed by atoms with van der Waals surface area (Å²) in [6, 6.07) is 22.1. The van der Waals surface area contributed by atoms with Crippen LogP contribution in [-0.2, 0) is 29.1 Å². The van der Waals surface area contributed by atoms with E-state index in [0.29, 0.717) is 36.0 Å². The van der Waals surface area contributed by atoms with Gasteiger partial charge in [0.25, 0.3) is 5.56 Å². The van der Waals surface area contributed by atoms with Crippen LogP contribution in [0.5, 0.6) is 0 Å². The largest absolute Gasteiger partial charge is 0.356 e. The molecule has 1 aliphatic carbocycles. The van der Waals surface area contributed by atoms with E-state index in [2.05, 4.69) is 10.6 Å². The summed E-state index contributed by atoms with van der Waals surface area (Å²) >= 11 is 0. The molecule has 0 unspecified atom stereocenters. The van der Waals surface area contributed by atoms with Crippen LogP contribution in [0.4, 0.5) is 10.1 Å². The highest BCUT2D eigenvalue weighted by molar-refractivity contribution is 5.91. The Balaban J connectivity index is 1.25. The molecule has 1 heterocycles. The highest BCUT2D eigenvalue weighted by Crippen LogP contribution is 2.29. The van der Waals surface area contributed by atoms with Gasteiger partial charge in [0.15, 0.2) is 0 Å². The number of nitrogens with one attached hydrogen (secondary N) is 2. The van der Waals surface area contributed by atoms with Gasteiger partial charge in [-0.1, -0.05) is 42.5 Å². The van der Waals surface area contributed by atoms with Gasteiger partial charge in [-0.25, -0.2) is 9.18 Å². The summed E-state index contributed by atoms with van der Waals surface area (Å²) in [7, 11) is 0. The Morgan fingerprint density at radius 3 is 2.24 bits per heavy atom. The molecule has 0 radical (unpaired) electrons. The molecule has 1 aromatic heterocycles. The zero-order valence-corrected chi connectivity index (χ0v) is 22.7. The van der Waals surface area contributed by atoms with E-state index < -0.39 is 17.4 Å². The predicted octanol–water partition coefficient (Wildman–Crippen LogP) is 4.11. The first kappa shape index (κ1) is 28.0. The first-order chi connectivity index (χ1) is 19.9. The molecule has 0 aliphatic heterocycles. The van der Waals surface area contributed by atoms with E-state index >= 15 is 0 Å². The normalized spacial score (nSPS) is 16.8. The zero-order valence-electron chi connectivity index (χ0n) is 22.7. The lowest BCUT2D eigenvalue weighted by Gasteiger charge is -2.28. The first-order valence-corrected chi connectivity index (χ1v) is 14.0. The van der Waals surface area contributed by atoms with E-state index in [-0.39, 0.29) is 36.4 Å². The summed E-state index contributed by atoms with van der Waals surface area (Å²) in [5, 5.41) is 6.07. The van der Waals surface area contributed by atoms with Gasteiger partial charge in [0.1, 0.15) is 12.4 Å². The molecule has 9 heteroatoms. The third-order valence-electron chi connectivity index (χ3n) is 7.78. The average Bonchev–Trinajstić information content (AvgIpc) is 2.99. The number of fused-ring (bicyclic) bond motifs is 1. The molecular formula is C32H33FN4O4. The highest BCUT2D eigenvalue weighted by Gasteiger charge is 2.27. The Labute approximate surface area is 236 Å². The number of aromatic nitrogens is 2. The van der Waals surface area contributed by atoms with Crippen molar-refractivity contribution >= 4 is 28.4 Å². The quantitative estimate of drug-likeness (QED) is 0.324. The number of para-hydroxylation sites is 1. The van der Waals surface area contributed by atoms with Gasteiger partial charge >= 0.3 is 5.69 Å². The van der Waals surface area contributed by atoms with Crippen molar-refractivity contribution in [3.05, 3.63) is 111 Å². The number of hydrogen-bond acceptors (Lipinski definition) is 4. The van der Waals surface area contributed by atoms with Crippen molar-refractivity contribution in [1.29, 1.82) is 0 Å². The molecule has 0 spiro atoms. The minimum absolute atomic E-state index is 0.0526. The van der Waals surface area contributed by atoms with Gasteiger partial charge in [0.05, 0.1) is 10.9 Å². The second-order valence-electron chi connectivity index (χ2n) is 10.6. The number of carbonyl (C=O) groups is 2. The molecule has 5 rings (SSSR count). The fourth-order valence-corrected chi connectivity index (χ4v) is 5.55. The average molecular weight is 557 g/mol. The second-order valence-corrected chi connectivity index (χ2v) is 10.6. The Morgan fingerprint density at radius 2 is 1.51 bits per heavy atom. The standard InChI is InChI=1S/C32H33FN4O4/c33-25-14-16-26(17-15-25)35-29(38)21-36-28-9-5-4-8-27(28)31(40)37(32(36)41)20-23-10-12-24(13-11-23)30(39)34-19-18-22-6-2-1-3-7-22/h1-9,14-17,23-24H,10-13,18-21H2,(H,34,39)(H,35,38). The Morgan fingerprint density at radius 1 is 0.829 bits per heavy atom. The molecule has 1 fully saturated rings. The van der Waals surface area contributed by atoms with Gasteiger partial charge < -0.3 is 10.6 Å². The summed E-state index contributed by atoms with van der Waals surface area (Å²) in [4.78, 5) is 52.4. The van der Waals surface area contributed by atoms with Gasteiger partial charge in [-0.3, -0.25) is 23.5 Å². The zero-order chi connectivity index (χ0) is 28.8. The van der Waals surface area contributed by atoms with Crippen LogP contribution in [0.25, 0.3) is 10.9 Å². The topological polar surface area (TPSA) is 102 Å². The van der Waals surface area contributed by atoms with Crippen molar-refractivity contribution in [2.24, 2.45) is 11.8 Å². The van der Waals surface area contributed by atoms with Crippen molar-refractivity contribution in [3.8, 4) is 0 Å². The maximum Gasteiger partial charge on any atom is 0.331 e. The third kappa shape index (κ3) is 6.80. The molecular weight excluding hydrogens is 523 g/mol. The number of amides is 2. The maximum atomic E-state index is 13.6.